The second-order valence-corrected chi connectivity index (χ2v) is 4.26. The summed E-state index contributed by atoms with van der Waals surface area (Å²) in [4.78, 5) is 0. The Kier molecular flexibility index (Phi) is 3.87. The Labute approximate surface area is 108 Å². The molecule has 2 rings (SSSR count). The van der Waals surface area contributed by atoms with Crippen molar-refractivity contribution < 1.29 is 4.74 Å². The van der Waals surface area contributed by atoms with E-state index in [0.29, 0.717) is 6.61 Å². The topological polar surface area (TPSA) is 39.1 Å². The van der Waals surface area contributed by atoms with Crippen molar-refractivity contribution in [3.05, 3.63) is 41.7 Å². The Bertz CT molecular complexity index is 505. The minimum absolute atomic E-state index is 0.627. The molecule has 0 fully saturated rings. The van der Waals surface area contributed by atoms with Gasteiger partial charge in [0.15, 0.2) is 5.75 Å². The average molecular weight is 245 g/mol. The van der Waals surface area contributed by atoms with Crippen LogP contribution < -0.4 is 10.1 Å². The summed E-state index contributed by atoms with van der Waals surface area (Å²) >= 11 is 0. The molecule has 18 heavy (non-hydrogen) atoms. The van der Waals surface area contributed by atoms with E-state index < -0.39 is 0 Å². The summed E-state index contributed by atoms with van der Waals surface area (Å²) < 4.78 is 7.61. The molecule has 0 atom stereocenters. The fourth-order valence-corrected chi connectivity index (χ4v) is 1.87. The first-order chi connectivity index (χ1) is 8.68. The minimum Gasteiger partial charge on any atom is -0.488 e. The SMILES string of the molecule is Cc1nn(C)c(C)c1OCCNc1ccccc1. The molecule has 0 spiro atoms. The van der Waals surface area contributed by atoms with Crippen molar-refractivity contribution in [2.75, 3.05) is 18.5 Å². The normalized spacial score (nSPS) is 10.4. The molecule has 0 amide bonds. The van der Waals surface area contributed by atoms with Crippen LogP contribution in [0.1, 0.15) is 11.4 Å². The smallest absolute Gasteiger partial charge is 0.163 e. The number of hydrogen-bond acceptors (Lipinski definition) is 3. The summed E-state index contributed by atoms with van der Waals surface area (Å²) in [6.07, 6.45) is 0. The van der Waals surface area contributed by atoms with Crippen LogP contribution in [0.4, 0.5) is 5.69 Å². The molecule has 1 N–H and O–H groups in total. The van der Waals surface area contributed by atoms with Gasteiger partial charge in [-0.25, -0.2) is 0 Å². The summed E-state index contributed by atoms with van der Waals surface area (Å²) in [5, 5.41) is 7.63. The Morgan fingerprint density at radius 2 is 1.94 bits per heavy atom. The van der Waals surface area contributed by atoms with E-state index in [9.17, 15) is 0 Å². The van der Waals surface area contributed by atoms with Crippen molar-refractivity contribution in [3.8, 4) is 5.75 Å². The largest absolute Gasteiger partial charge is 0.488 e. The molecule has 4 nitrogen and oxygen atoms in total. The van der Waals surface area contributed by atoms with Crippen LogP contribution in [0.25, 0.3) is 0 Å². The number of anilines is 1. The zero-order valence-electron chi connectivity index (χ0n) is 11.1. The molecule has 1 aromatic heterocycles. The molecule has 0 aliphatic carbocycles. The van der Waals surface area contributed by atoms with Crippen LogP contribution >= 0.6 is 0 Å². The molecule has 4 heteroatoms. The lowest BCUT2D eigenvalue weighted by atomic mass is 10.3. The lowest BCUT2D eigenvalue weighted by molar-refractivity contribution is 0.328. The summed E-state index contributed by atoms with van der Waals surface area (Å²) in [6, 6.07) is 10.1. The highest BCUT2D eigenvalue weighted by Crippen LogP contribution is 2.21. The van der Waals surface area contributed by atoms with E-state index in [2.05, 4.69) is 10.4 Å². The van der Waals surface area contributed by atoms with E-state index in [0.717, 1.165) is 29.4 Å². The first-order valence-corrected chi connectivity index (χ1v) is 6.10. The van der Waals surface area contributed by atoms with Crippen molar-refractivity contribution in [2.24, 2.45) is 7.05 Å². The van der Waals surface area contributed by atoms with Crippen molar-refractivity contribution in [2.45, 2.75) is 13.8 Å². The van der Waals surface area contributed by atoms with Crippen LogP contribution in [0.2, 0.25) is 0 Å². The molecule has 2 aromatic rings. The zero-order chi connectivity index (χ0) is 13.0. The standard InChI is InChI=1S/C14H19N3O/c1-11-14(12(2)17(3)16-11)18-10-9-15-13-7-5-4-6-8-13/h4-8,15H,9-10H2,1-3H3. The van der Waals surface area contributed by atoms with E-state index in [4.69, 9.17) is 4.74 Å². The van der Waals surface area contributed by atoms with Gasteiger partial charge in [-0.15, -0.1) is 0 Å². The lowest BCUT2D eigenvalue weighted by Crippen LogP contribution is -2.12. The molecule has 0 saturated carbocycles. The summed E-state index contributed by atoms with van der Waals surface area (Å²) in [7, 11) is 1.93. The van der Waals surface area contributed by atoms with Gasteiger partial charge in [0, 0.05) is 19.3 Å². The molecule has 0 saturated heterocycles. The molecule has 0 unspecified atom stereocenters. The van der Waals surface area contributed by atoms with Crippen LogP contribution in [0.15, 0.2) is 30.3 Å². The number of aryl methyl sites for hydroxylation is 2. The van der Waals surface area contributed by atoms with Gasteiger partial charge >= 0.3 is 0 Å². The van der Waals surface area contributed by atoms with Gasteiger partial charge in [-0.05, 0) is 26.0 Å². The third-order valence-electron chi connectivity index (χ3n) is 2.89. The summed E-state index contributed by atoms with van der Waals surface area (Å²) in [6.45, 7) is 5.38. The number of ether oxygens (including phenoxy) is 1. The number of nitrogens with one attached hydrogen (secondary N) is 1. The second-order valence-electron chi connectivity index (χ2n) is 4.26. The van der Waals surface area contributed by atoms with Gasteiger partial charge in [0.05, 0.1) is 5.69 Å². The highest BCUT2D eigenvalue weighted by molar-refractivity contribution is 5.42. The average Bonchev–Trinajstić information content (AvgIpc) is 2.61. The molecule has 1 heterocycles. The van der Waals surface area contributed by atoms with Crippen molar-refractivity contribution >= 4 is 5.69 Å². The van der Waals surface area contributed by atoms with Gasteiger partial charge in [0.25, 0.3) is 0 Å². The quantitative estimate of drug-likeness (QED) is 0.823. The highest BCUT2D eigenvalue weighted by atomic mass is 16.5. The first kappa shape index (κ1) is 12.5. The predicted molar refractivity (Wildman–Crippen MR) is 73.1 cm³/mol. The fraction of sp³-hybridized carbons (Fsp3) is 0.357. The zero-order valence-corrected chi connectivity index (χ0v) is 11.1. The first-order valence-electron chi connectivity index (χ1n) is 6.10. The molecule has 1 aromatic carbocycles. The summed E-state index contributed by atoms with van der Waals surface area (Å²) in [5.74, 6) is 0.896. The number of para-hydroxylation sites is 1. The number of hydrogen-bond donors (Lipinski definition) is 1. The van der Waals surface area contributed by atoms with Crippen LogP contribution in [0.5, 0.6) is 5.75 Å². The van der Waals surface area contributed by atoms with Gasteiger partial charge in [-0.1, -0.05) is 18.2 Å². The van der Waals surface area contributed by atoms with Gasteiger partial charge in [0.1, 0.15) is 12.3 Å². The number of aromatic nitrogens is 2. The molecule has 0 radical (unpaired) electrons. The van der Waals surface area contributed by atoms with Crippen molar-refractivity contribution in [1.82, 2.24) is 9.78 Å². The van der Waals surface area contributed by atoms with Gasteiger partial charge in [0.2, 0.25) is 0 Å². The number of nitrogens with zero attached hydrogens (tertiary/aromatic N) is 2. The number of benzene rings is 1. The van der Waals surface area contributed by atoms with Crippen LogP contribution in [-0.4, -0.2) is 22.9 Å². The molecule has 0 aliphatic rings. The van der Waals surface area contributed by atoms with Crippen molar-refractivity contribution in [3.63, 3.8) is 0 Å². The highest BCUT2D eigenvalue weighted by Gasteiger charge is 2.09. The van der Waals surface area contributed by atoms with Gasteiger partial charge in [-0.3, -0.25) is 4.68 Å². The molecular weight excluding hydrogens is 226 g/mol. The van der Waals surface area contributed by atoms with Gasteiger partial charge < -0.3 is 10.1 Å². The monoisotopic (exact) mass is 245 g/mol. The van der Waals surface area contributed by atoms with E-state index in [-0.39, 0.29) is 0 Å². The lowest BCUT2D eigenvalue weighted by Gasteiger charge is -2.08. The Hall–Kier alpha value is -1.97. The van der Waals surface area contributed by atoms with Crippen LogP contribution in [0.3, 0.4) is 0 Å². The van der Waals surface area contributed by atoms with E-state index in [1.807, 2.05) is 55.9 Å². The molecule has 0 aliphatic heterocycles. The maximum absolute atomic E-state index is 5.76. The maximum atomic E-state index is 5.76. The fourth-order valence-electron chi connectivity index (χ4n) is 1.87. The van der Waals surface area contributed by atoms with Crippen molar-refractivity contribution in [1.29, 1.82) is 0 Å². The van der Waals surface area contributed by atoms with E-state index >= 15 is 0 Å². The summed E-state index contributed by atoms with van der Waals surface area (Å²) in [5.41, 5.74) is 3.11. The van der Waals surface area contributed by atoms with Gasteiger partial charge in [-0.2, -0.15) is 5.10 Å². The Balaban J connectivity index is 1.82. The Morgan fingerprint density at radius 3 is 2.56 bits per heavy atom. The third-order valence-corrected chi connectivity index (χ3v) is 2.89. The molecular formula is C14H19N3O. The van der Waals surface area contributed by atoms with Crippen LogP contribution in [-0.2, 0) is 7.05 Å². The number of rotatable bonds is 5. The van der Waals surface area contributed by atoms with E-state index in [1.54, 1.807) is 0 Å². The minimum atomic E-state index is 0.627. The Morgan fingerprint density at radius 1 is 1.22 bits per heavy atom. The third kappa shape index (κ3) is 2.83. The predicted octanol–water partition coefficient (Wildman–Crippen LogP) is 2.53. The second kappa shape index (κ2) is 5.58. The molecule has 0 bridgehead atoms. The molecule has 96 valence electrons. The maximum Gasteiger partial charge on any atom is 0.163 e. The van der Waals surface area contributed by atoms with E-state index in [1.165, 1.54) is 0 Å². The van der Waals surface area contributed by atoms with Crippen LogP contribution in [0, 0.1) is 13.8 Å².